The van der Waals surface area contributed by atoms with Gasteiger partial charge in [0.2, 0.25) is 0 Å². The largest absolute Gasteiger partial charge is 0.327 e. The fraction of sp³-hybridized carbons (Fsp3) is 0.750. The van der Waals surface area contributed by atoms with E-state index in [0.29, 0.717) is 6.54 Å². The van der Waals surface area contributed by atoms with Crippen LogP contribution in [0.5, 0.6) is 0 Å². The van der Waals surface area contributed by atoms with Gasteiger partial charge in [0.15, 0.2) is 0 Å². The van der Waals surface area contributed by atoms with Crippen LogP contribution in [0.4, 0.5) is 0 Å². The monoisotopic (exact) mass is 127 g/mol. The molecule has 1 nitrogen and oxygen atoms in total. The van der Waals surface area contributed by atoms with E-state index >= 15 is 0 Å². The molecular weight excluding hydrogens is 110 g/mol. The molecule has 0 saturated heterocycles. The summed E-state index contributed by atoms with van der Waals surface area (Å²) >= 11 is 0. The Hall–Kier alpha value is -0.300. The lowest BCUT2D eigenvalue weighted by Crippen LogP contribution is -1.93. The fourth-order valence-electron chi connectivity index (χ4n) is 0.591. The first-order valence-corrected chi connectivity index (χ1v) is 3.66. The van der Waals surface area contributed by atoms with Gasteiger partial charge in [-0.2, -0.15) is 0 Å². The van der Waals surface area contributed by atoms with E-state index in [2.05, 4.69) is 19.9 Å². The second kappa shape index (κ2) is 5.83. The highest BCUT2D eigenvalue weighted by Gasteiger charge is 1.91. The maximum Gasteiger partial charge on any atom is 0.0106 e. The minimum absolute atomic E-state index is 0.677. The van der Waals surface area contributed by atoms with E-state index in [1.165, 1.54) is 12.8 Å². The number of rotatable bonds is 4. The first-order valence-electron chi connectivity index (χ1n) is 3.66. The van der Waals surface area contributed by atoms with E-state index in [1.54, 1.807) is 0 Å². The number of nitrogens with two attached hydrogens (primary N) is 1. The predicted octanol–water partition coefficient (Wildman–Crippen LogP) is 1.94. The quantitative estimate of drug-likeness (QED) is 0.574. The first kappa shape index (κ1) is 8.70. The number of hydrogen-bond acceptors (Lipinski definition) is 1. The Kier molecular flexibility index (Phi) is 5.64. The summed E-state index contributed by atoms with van der Waals surface area (Å²) in [6, 6.07) is 0. The van der Waals surface area contributed by atoms with Gasteiger partial charge < -0.3 is 5.73 Å². The van der Waals surface area contributed by atoms with Crippen molar-refractivity contribution in [3.8, 4) is 0 Å². The van der Waals surface area contributed by atoms with Gasteiger partial charge in [-0.05, 0) is 12.3 Å². The summed E-state index contributed by atoms with van der Waals surface area (Å²) in [4.78, 5) is 0. The van der Waals surface area contributed by atoms with Gasteiger partial charge in [0.1, 0.15) is 0 Å². The van der Waals surface area contributed by atoms with Crippen LogP contribution in [-0.2, 0) is 0 Å². The molecule has 0 aromatic carbocycles. The highest BCUT2D eigenvalue weighted by molar-refractivity contribution is 4.83. The zero-order valence-corrected chi connectivity index (χ0v) is 6.43. The van der Waals surface area contributed by atoms with E-state index in [0.717, 1.165) is 5.92 Å². The number of allylic oxidation sites excluding steroid dienone is 1. The molecule has 0 bridgehead atoms. The third kappa shape index (κ3) is 5.57. The molecule has 0 radical (unpaired) electrons. The molecule has 54 valence electrons. The van der Waals surface area contributed by atoms with Crippen molar-refractivity contribution in [2.75, 3.05) is 6.54 Å². The van der Waals surface area contributed by atoms with Crippen molar-refractivity contribution in [2.45, 2.75) is 26.7 Å². The van der Waals surface area contributed by atoms with Gasteiger partial charge in [-0.3, -0.25) is 0 Å². The smallest absolute Gasteiger partial charge is 0.0106 e. The Labute approximate surface area is 57.9 Å². The molecule has 2 N–H and O–H groups in total. The van der Waals surface area contributed by atoms with Crippen molar-refractivity contribution in [1.29, 1.82) is 0 Å². The second-order valence-electron chi connectivity index (χ2n) is 2.46. The van der Waals surface area contributed by atoms with Gasteiger partial charge in [-0.25, -0.2) is 0 Å². The first-order chi connectivity index (χ1) is 4.31. The molecule has 0 aliphatic carbocycles. The Balaban J connectivity index is 3.15. The third-order valence-corrected chi connectivity index (χ3v) is 1.54. The SMILES string of the molecule is CCC(C)C/C=C\CN. The Bertz CT molecular complexity index is 76.6. The Morgan fingerprint density at radius 2 is 2.11 bits per heavy atom. The summed E-state index contributed by atoms with van der Waals surface area (Å²) in [7, 11) is 0. The van der Waals surface area contributed by atoms with E-state index in [4.69, 9.17) is 5.73 Å². The zero-order valence-electron chi connectivity index (χ0n) is 6.43. The topological polar surface area (TPSA) is 26.0 Å². The summed E-state index contributed by atoms with van der Waals surface area (Å²) in [6.45, 7) is 5.14. The van der Waals surface area contributed by atoms with Gasteiger partial charge in [0, 0.05) is 6.54 Å². The van der Waals surface area contributed by atoms with Gasteiger partial charge >= 0.3 is 0 Å². The van der Waals surface area contributed by atoms with E-state index in [-0.39, 0.29) is 0 Å². The Morgan fingerprint density at radius 3 is 2.56 bits per heavy atom. The molecule has 0 spiro atoms. The molecule has 1 heteroatoms. The summed E-state index contributed by atoms with van der Waals surface area (Å²) in [5.74, 6) is 0.813. The maximum absolute atomic E-state index is 5.27. The molecule has 0 amide bonds. The fourth-order valence-corrected chi connectivity index (χ4v) is 0.591. The standard InChI is InChI=1S/C8H17N/c1-3-8(2)6-4-5-7-9/h4-5,8H,3,6-7,9H2,1-2H3/b5-4-. The molecule has 1 atom stereocenters. The summed E-state index contributed by atoms with van der Waals surface area (Å²) in [6.07, 6.45) is 6.61. The zero-order chi connectivity index (χ0) is 7.11. The van der Waals surface area contributed by atoms with Crippen LogP contribution in [0, 0.1) is 5.92 Å². The van der Waals surface area contributed by atoms with E-state index in [9.17, 15) is 0 Å². The van der Waals surface area contributed by atoms with Crippen molar-refractivity contribution >= 4 is 0 Å². The molecule has 0 aliphatic heterocycles. The molecular formula is C8H17N. The predicted molar refractivity (Wildman–Crippen MR) is 42.3 cm³/mol. The van der Waals surface area contributed by atoms with Crippen molar-refractivity contribution < 1.29 is 0 Å². The highest BCUT2D eigenvalue weighted by atomic mass is 14.5. The van der Waals surface area contributed by atoms with Gasteiger partial charge in [0.25, 0.3) is 0 Å². The van der Waals surface area contributed by atoms with Gasteiger partial charge in [0.05, 0.1) is 0 Å². The highest BCUT2D eigenvalue weighted by Crippen LogP contribution is 2.05. The minimum atomic E-state index is 0.677. The van der Waals surface area contributed by atoms with Crippen LogP contribution in [0.3, 0.4) is 0 Å². The van der Waals surface area contributed by atoms with Crippen LogP contribution >= 0.6 is 0 Å². The van der Waals surface area contributed by atoms with Crippen molar-refractivity contribution in [2.24, 2.45) is 11.7 Å². The maximum atomic E-state index is 5.27. The van der Waals surface area contributed by atoms with E-state index < -0.39 is 0 Å². The lowest BCUT2D eigenvalue weighted by Gasteiger charge is -2.01. The molecule has 0 saturated carbocycles. The van der Waals surface area contributed by atoms with Crippen molar-refractivity contribution in [1.82, 2.24) is 0 Å². The molecule has 0 rings (SSSR count). The van der Waals surface area contributed by atoms with Crippen LogP contribution in [-0.4, -0.2) is 6.54 Å². The average Bonchev–Trinajstić information content (AvgIpc) is 1.89. The third-order valence-electron chi connectivity index (χ3n) is 1.54. The minimum Gasteiger partial charge on any atom is -0.327 e. The molecule has 0 aromatic rings. The van der Waals surface area contributed by atoms with Crippen molar-refractivity contribution in [3.05, 3.63) is 12.2 Å². The van der Waals surface area contributed by atoms with Crippen molar-refractivity contribution in [3.63, 3.8) is 0 Å². The number of hydrogen-bond donors (Lipinski definition) is 1. The Morgan fingerprint density at radius 1 is 1.44 bits per heavy atom. The lowest BCUT2D eigenvalue weighted by molar-refractivity contribution is 0.571. The van der Waals surface area contributed by atoms with Gasteiger partial charge in [-0.15, -0.1) is 0 Å². The van der Waals surface area contributed by atoms with Crippen LogP contribution in [0.25, 0.3) is 0 Å². The average molecular weight is 127 g/mol. The van der Waals surface area contributed by atoms with E-state index in [1.807, 2.05) is 6.08 Å². The summed E-state index contributed by atoms with van der Waals surface area (Å²) < 4.78 is 0. The molecule has 0 aliphatic rings. The van der Waals surface area contributed by atoms with Crippen LogP contribution in [0.1, 0.15) is 26.7 Å². The molecule has 1 unspecified atom stereocenters. The van der Waals surface area contributed by atoms with Crippen LogP contribution in [0.15, 0.2) is 12.2 Å². The van der Waals surface area contributed by atoms with Crippen LogP contribution in [0.2, 0.25) is 0 Å². The summed E-state index contributed by atoms with van der Waals surface area (Å²) in [5.41, 5.74) is 5.27. The summed E-state index contributed by atoms with van der Waals surface area (Å²) in [5, 5.41) is 0. The molecule has 0 aromatic heterocycles. The normalized spacial score (nSPS) is 14.6. The van der Waals surface area contributed by atoms with Gasteiger partial charge in [-0.1, -0.05) is 32.4 Å². The molecule has 0 fully saturated rings. The second-order valence-corrected chi connectivity index (χ2v) is 2.46. The molecule has 9 heavy (non-hydrogen) atoms. The molecule has 0 heterocycles. The lowest BCUT2D eigenvalue weighted by atomic mass is 10.1. The van der Waals surface area contributed by atoms with Crippen LogP contribution < -0.4 is 5.73 Å².